The summed E-state index contributed by atoms with van der Waals surface area (Å²) in [5, 5.41) is 17.7. The molecule has 0 unspecified atom stereocenters. The van der Waals surface area contributed by atoms with Crippen LogP contribution in [0.3, 0.4) is 0 Å². The number of rotatable bonds is 24. The van der Waals surface area contributed by atoms with Crippen LogP contribution in [0.2, 0.25) is 0 Å². The van der Waals surface area contributed by atoms with Crippen molar-refractivity contribution in [3.8, 4) is 0 Å². The summed E-state index contributed by atoms with van der Waals surface area (Å²) in [7, 11) is 3.31. The monoisotopic (exact) mass is 1050 g/mol. The fraction of sp³-hybridized carbons (Fsp3) is 0.559. The molecule has 2 aliphatic heterocycles. The number of carbonyl (C=O) groups is 8. The van der Waals surface area contributed by atoms with E-state index in [1.807, 2.05) is 77.9 Å². The van der Waals surface area contributed by atoms with E-state index in [1.54, 1.807) is 52.2 Å². The van der Waals surface area contributed by atoms with Crippen LogP contribution in [0.4, 0.5) is 0 Å². The van der Waals surface area contributed by atoms with Gasteiger partial charge in [0.25, 0.3) is 0 Å². The first kappa shape index (κ1) is 60.6. The Morgan fingerprint density at radius 1 is 0.579 bits per heavy atom. The van der Waals surface area contributed by atoms with Gasteiger partial charge < -0.3 is 47.4 Å². The number of likely N-dealkylation sites (tertiary alicyclic amines) is 2. The summed E-state index contributed by atoms with van der Waals surface area (Å²) < 4.78 is 0. The lowest BCUT2D eigenvalue weighted by atomic mass is 9.85. The zero-order chi connectivity index (χ0) is 56.1. The van der Waals surface area contributed by atoms with E-state index in [0.29, 0.717) is 43.6 Å². The van der Waals surface area contributed by atoms with Crippen LogP contribution in [-0.4, -0.2) is 133 Å². The van der Waals surface area contributed by atoms with E-state index < -0.39 is 70.7 Å². The van der Waals surface area contributed by atoms with Crippen LogP contribution in [0.25, 0.3) is 0 Å². The summed E-state index contributed by atoms with van der Waals surface area (Å²) in [6.45, 7) is 17.8. The fourth-order valence-corrected chi connectivity index (χ4v) is 9.86. The Hall–Kier alpha value is -6.30. The number of aryl methyl sites for hydroxylation is 1. The fourth-order valence-electron chi connectivity index (χ4n) is 9.86. The third-order valence-corrected chi connectivity index (χ3v) is 15.0. The van der Waals surface area contributed by atoms with Crippen LogP contribution in [0.1, 0.15) is 131 Å². The van der Waals surface area contributed by atoms with Gasteiger partial charge in [-0.3, -0.25) is 38.4 Å². The van der Waals surface area contributed by atoms with Crippen LogP contribution in [0.15, 0.2) is 72.8 Å². The Kier molecular flexibility index (Phi) is 21.6. The smallest absolute Gasteiger partial charge is 0.246 e. The lowest BCUT2D eigenvalue weighted by Gasteiger charge is -2.36. The molecule has 2 saturated heterocycles. The number of nitrogens with one attached hydrogen (secondary N) is 6. The van der Waals surface area contributed by atoms with Crippen molar-refractivity contribution in [1.29, 1.82) is 0 Å². The van der Waals surface area contributed by atoms with Crippen LogP contribution < -0.4 is 37.6 Å². The van der Waals surface area contributed by atoms with Crippen molar-refractivity contribution in [3.63, 3.8) is 0 Å². The molecule has 0 saturated carbocycles. The number of benzene rings is 3. The standard InChI is InChI=1S/C59H85N9O8/c1-12-38-16-18-39(19-17-38)24-26-63-54(73)46-28-42(34-67(46)56(75)50(58(4,5)6)65-52(71)36(2)61-10)30-48(69)44-14-13-15-45(32-44)49(70)31-43-29-47(55(74)64-27-25-40-20-22-41(33-60)23-21-40)68(35-43)57(76)51(59(7,8)9)66-53(72)37(3)62-11/h13-23,32,36-37,42-43,46-47,50-51,61-62H,12,24-31,33-35,60H2,1-11H3,(H,63,73)(H,64,74)(H,65,71)(H,66,72)/t36-,37-,42+,43+,46-,47-,50+,51+/m0/s1. The first-order valence-electron chi connectivity index (χ1n) is 27.0. The summed E-state index contributed by atoms with van der Waals surface area (Å²) in [5.41, 5.74) is 9.19. The maximum Gasteiger partial charge on any atom is 0.246 e. The predicted molar refractivity (Wildman–Crippen MR) is 295 cm³/mol. The Balaban J connectivity index is 1.32. The van der Waals surface area contributed by atoms with Crippen molar-refractivity contribution in [2.45, 2.75) is 150 Å². The van der Waals surface area contributed by atoms with Crippen molar-refractivity contribution < 1.29 is 38.4 Å². The number of amides is 6. The summed E-state index contributed by atoms with van der Waals surface area (Å²) in [6.07, 6.45) is 2.45. The molecule has 0 bridgehead atoms. The molecule has 0 spiro atoms. The average Bonchev–Trinajstić information content (AvgIpc) is 4.03. The van der Waals surface area contributed by atoms with Crippen molar-refractivity contribution in [1.82, 2.24) is 41.7 Å². The van der Waals surface area contributed by atoms with E-state index in [1.165, 1.54) is 15.4 Å². The Bertz CT molecular complexity index is 2350. The van der Waals surface area contributed by atoms with E-state index in [2.05, 4.69) is 51.0 Å². The molecule has 2 aliphatic rings. The highest BCUT2D eigenvalue weighted by Gasteiger charge is 2.47. The number of nitrogens with two attached hydrogens (primary N) is 1. The van der Waals surface area contributed by atoms with Gasteiger partial charge in [-0.15, -0.1) is 0 Å². The van der Waals surface area contributed by atoms with Gasteiger partial charge in [0.1, 0.15) is 24.2 Å². The molecular formula is C59H85N9O8. The highest BCUT2D eigenvalue weighted by molar-refractivity contribution is 6.02. The first-order chi connectivity index (χ1) is 35.9. The normalized spacial score (nSPS) is 19.3. The second-order valence-electron chi connectivity index (χ2n) is 23.0. The van der Waals surface area contributed by atoms with Crippen molar-refractivity contribution in [2.75, 3.05) is 40.3 Å². The minimum Gasteiger partial charge on any atom is -0.354 e. The molecule has 3 aromatic rings. The van der Waals surface area contributed by atoms with Crippen molar-refractivity contribution in [2.24, 2.45) is 28.4 Å². The van der Waals surface area contributed by atoms with Gasteiger partial charge in [-0.05, 0) is 111 Å². The summed E-state index contributed by atoms with van der Waals surface area (Å²) in [6, 6.07) is 17.6. The van der Waals surface area contributed by atoms with E-state index >= 15 is 0 Å². The summed E-state index contributed by atoms with van der Waals surface area (Å²) >= 11 is 0. The third-order valence-electron chi connectivity index (χ3n) is 15.0. The number of carbonyl (C=O) groups excluding carboxylic acids is 8. The number of nitrogens with zero attached hydrogens (tertiary/aromatic N) is 2. The molecule has 17 nitrogen and oxygen atoms in total. The molecule has 8 atom stereocenters. The quantitative estimate of drug-likeness (QED) is 0.0625. The molecule has 76 heavy (non-hydrogen) atoms. The zero-order valence-electron chi connectivity index (χ0n) is 46.8. The van der Waals surface area contributed by atoms with Crippen LogP contribution in [0, 0.1) is 22.7 Å². The Labute approximate surface area is 450 Å². The molecule has 3 aromatic carbocycles. The molecule has 2 heterocycles. The SMILES string of the molecule is CCc1ccc(CCNC(=O)[C@@H]2C[C@H](CC(=O)c3cccc(C(=O)C[C@H]4C[C@@H](C(=O)NCCc5ccc(CN)cc5)N(C(=O)[C@@H](NC(=O)[C@H](C)NC)C(C)(C)C)C4)c3)CN2C(=O)[C@@H](NC(=O)[C@H](C)NC)C(C)(C)C)cc1. The zero-order valence-corrected chi connectivity index (χ0v) is 46.8. The molecule has 8 N–H and O–H groups in total. The van der Waals surface area contributed by atoms with Gasteiger partial charge in [-0.1, -0.05) is 115 Å². The molecule has 0 radical (unpaired) electrons. The number of Topliss-reactive ketones (excluding diaryl/α,β-unsaturated/α-hetero) is 2. The van der Waals surface area contributed by atoms with E-state index in [9.17, 15) is 38.4 Å². The maximum absolute atomic E-state index is 14.6. The van der Waals surface area contributed by atoms with Crippen LogP contribution >= 0.6 is 0 Å². The number of hydrogen-bond acceptors (Lipinski definition) is 11. The predicted octanol–water partition coefficient (Wildman–Crippen LogP) is 4.28. The topological polar surface area (TPSA) is 241 Å². The van der Waals surface area contributed by atoms with Crippen LogP contribution in [0.5, 0.6) is 0 Å². The molecule has 0 aliphatic carbocycles. The summed E-state index contributed by atoms with van der Waals surface area (Å²) in [5.74, 6) is -3.62. The van der Waals surface area contributed by atoms with Gasteiger partial charge in [0.15, 0.2) is 11.6 Å². The van der Waals surface area contributed by atoms with Crippen LogP contribution in [-0.2, 0) is 54.6 Å². The second-order valence-corrected chi connectivity index (χ2v) is 23.0. The van der Waals surface area contributed by atoms with E-state index in [0.717, 1.165) is 23.1 Å². The van der Waals surface area contributed by atoms with Gasteiger partial charge in [-0.2, -0.15) is 0 Å². The Morgan fingerprint density at radius 2 is 0.947 bits per heavy atom. The number of likely N-dealkylation sites (N-methyl/N-ethyl adjacent to an activating group) is 2. The van der Waals surface area contributed by atoms with Gasteiger partial charge in [-0.25, -0.2) is 0 Å². The number of hydrogen-bond donors (Lipinski definition) is 7. The minimum absolute atomic E-state index is 0.00755. The average molecular weight is 1050 g/mol. The highest BCUT2D eigenvalue weighted by atomic mass is 16.2. The lowest BCUT2D eigenvalue weighted by Crippen LogP contribution is -2.59. The van der Waals surface area contributed by atoms with Gasteiger partial charge in [0.05, 0.1) is 12.1 Å². The first-order valence-corrected chi connectivity index (χ1v) is 27.0. The number of ketones is 2. The maximum atomic E-state index is 14.6. The van der Waals surface area contributed by atoms with Crippen molar-refractivity contribution >= 4 is 47.0 Å². The Morgan fingerprint density at radius 3 is 1.29 bits per heavy atom. The van der Waals surface area contributed by atoms with Gasteiger partial charge in [0.2, 0.25) is 35.4 Å². The van der Waals surface area contributed by atoms with Gasteiger partial charge in [0, 0.05) is 56.7 Å². The summed E-state index contributed by atoms with van der Waals surface area (Å²) in [4.78, 5) is 115. The molecule has 17 heteroatoms. The highest BCUT2D eigenvalue weighted by Crippen LogP contribution is 2.33. The minimum atomic E-state index is -0.971. The third kappa shape index (κ3) is 16.4. The molecule has 6 amide bonds. The van der Waals surface area contributed by atoms with Crippen molar-refractivity contribution in [3.05, 3.63) is 106 Å². The molecule has 0 aromatic heterocycles. The van der Waals surface area contributed by atoms with E-state index in [-0.39, 0.29) is 74.0 Å². The van der Waals surface area contributed by atoms with Gasteiger partial charge >= 0.3 is 0 Å². The molecular weight excluding hydrogens is 963 g/mol. The van der Waals surface area contributed by atoms with E-state index in [4.69, 9.17) is 5.73 Å². The molecule has 5 rings (SSSR count). The lowest BCUT2D eigenvalue weighted by molar-refractivity contribution is -0.144. The largest absolute Gasteiger partial charge is 0.354 e. The molecule has 414 valence electrons. The molecule has 2 fully saturated rings. The second kappa shape index (κ2) is 27.1.